The fraction of sp³-hybridized carbons (Fsp3) is 0.238. The van der Waals surface area contributed by atoms with Gasteiger partial charge in [-0.1, -0.05) is 23.9 Å². The summed E-state index contributed by atoms with van der Waals surface area (Å²) in [4.78, 5) is 23.7. The van der Waals surface area contributed by atoms with Crippen molar-refractivity contribution < 1.29 is 14.3 Å². The van der Waals surface area contributed by atoms with Gasteiger partial charge >= 0.3 is 0 Å². The molecular weight excluding hydrogens is 402 g/mol. The van der Waals surface area contributed by atoms with E-state index >= 15 is 0 Å². The Bertz CT molecular complexity index is 1020. The van der Waals surface area contributed by atoms with Crippen molar-refractivity contribution in [1.29, 1.82) is 0 Å². The first-order chi connectivity index (χ1) is 14.5. The zero-order valence-electron chi connectivity index (χ0n) is 17.0. The van der Waals surface area contributed by atoms with Crippen LogP contribution in [0.25, 0.3) is 5.69 Å². The molecule has 9 heteroatoms. The van der Waals surface area contributed by atoms with Crippen LogP contribution in [0.1, 0.15) is 25.5 Å². The second-order valence-corrected chi connectivity index (χ2v) is 7.51. The number of benzene rings is 2. The van der Waals surface area contributed by atoms with Crippen molar-refractivity contribution >= 4 is 29.3 Å². The van der Waals surface area contributed by atoms with Crippen molar-refractivity contribution in [1.82, 2.24) is 20.1 Å². The molecule has 3 aromatic rings. The normalized spacial score (nSPS) is 11.6. The summed E-state index contributed by atoms with van der Waals surface area (Å²) in [5.41, 5.74) is 2.48. The van der Waals surface area contributed by atoms with Crippen molar-refractivity contribution in [2.75, 3.05) is 18.2 Å². The number of hydrogen-bond acceptors (Lipinski definition) is 6. The molecule has 0 fully saturated rings. The number of nitrogens with one attached hydrogen (secondary N) is 2. The lowest BCUT2D eigenvalue weighted by Crippen LogP contribution is -2.28. The molecule has 8 nitrogen and oxygen atoms in total. The van der Waals surface area contributed by atoms with E-state index in [0.29, 0.717) is 10.8 Å². The lowest BCUT2D eigenvalue weighted by molar-refractivity contribution is -0.119. The highest BCUT2D eigenvalue weighted by atomic mass is 32.2. The number of ether oxygens (including phenoxy) is 1. The number of amides is 2. The molecule has 2 amide bonds. The van der Waals surface area contributed by atoms with Crippen LogP contribution in [0, 0.1) is 0 Å². The Kier molecular flexibility index (Phi) is 7.08. The molecule has 1 heterocycles. The number of rotatable bonds is 8. The van der Waals surface area contributed by atoms with Crippen LogP contribution in [-0.2, 0) is 9.59 Å². The van der Waals surface area contributed by atoms with Crippen LogP contribution in [-0.4, -0.2) is 39.4 Å². The number of hydrogen-bond donors (Lipinski definition) is 2. The molecule has 0 aliphatic carbocycles. The molecule has 156 valence electrons. The highest BCUT2D eigenvalue weighted by molar-refractivity contribution is 7.99. The van der Waals surface area contributed by atoms with Crippen LogP contribution < -0.4 is 15.4 Å². The van der Waals surface area contributed by atoms with E-state index in [-0.39, 0.29) is 23.6 Å². The fourth-order valence-corrected chi connectivity index (χ4v) is 3.57. The zero-order chi connectivity index (χ0) is 21.5. The van der Waals surface area contributed by atoms with E-state index in [1.165, 1.54) is 18.7 Å². The van der Waals surface area contributed by atoms with Crippen LogP contribution in [0.4, 0.5) is 5.69 Å². The molecule has 30 heavy (non-hydrogen) atoms. The largest absolute Gasteiger partial charge is 0.497 e. The Morgan fingerprint density at radius 2 is 1.97 bits per heavy atom. The van der Waals surface area contributed by atoms with E-state index in [2.05, 4.69) is 20.8 Å². The SMILES string of the molecule is COc1ccc(-n2cnnc2SCC(=O)NC(C)c2cccc(NC(C)=O)c2)cc1. The van der Waals surface area contributed by atoms with Crippen molar-refractivity contribution in [2.45, 2.75) is 25.0 Å². The van der Waals surface area contributed by atoms with Crippen molar-refractivity contribution in [3.63, 3.8) is 0 Å². The van der Waals surface area contributed by atoms with Crippen LogP contribution >= 0.6 is 11.8 Å². The molecule has 2 aromatic carbocycles. The molecule has 0 aliphatic heterocycles. The summed E-state index contributed by atoms with van der Waals surface area (Å²) in [6.45, 7) is 3.36. The van der Waals surface area contributed by atoms with E-state index in [4.69, 9.17) is 4.74 Å². The maximum atomic E-state index is 12.4. The summed E-state index contributed by atoms with van der Waals surface area (Å²) >= 11 is 1.30. The topological polar surface area (TPSA) is 98.1 Å². The van der Waals surface area contributed by atoms with E-state index in [1.807, 2.05) is 54.0 Å². The number of methoxy groups -OCH3 is 1. The van der Waals surface area contributed by atoms with Gasteiger partial charge in [-0.15, -0.1) is 10.2 Å². The van der Waals surface area contributed by atoms with Crippen LogP contribution in [0.5, 0.6) is 5.75 Å². The predicted octanol–water partition coefficient (Wildman–Crippen LogP) is 3.20. The first-order valence-corrected chi connectivity index (χ1v) is 10.3. The maximum absolute atomic E-state index is 12.4. The first kappa shape index (κ1) is 21.4. The minimum absolute atomic E-state index is 0.123. The molecule has 0 bridgehead atoms. The molecule has 0 spiro atoms. The lowest BCUT2D eigenvalue weighted by atomic mass is 10.1. The number of nitrogens with zero attached hydrogens (tertiary/aromatic N) is 3. The third kappa shape index (κ3) is 5.60. The molecule has 0 saturated heterocycles. The van der Waals surface area contributed by atoms with E-state index in [9.17, 15) is 9.59 Å². The van der Waals surface area contributed by atoms with E-state index in [0.717, 1.165) is 17.0 Å². The third-order valence-electron chi connectivity index (χ3n) is 4.28. The number of anilines is 1. The maximum Gasteiger partial charge on any atom is 0.230 e. The van der Waals surface area contributed by atoms with E-state index < -0.39 is 0 Å². The average molecular weight is 426 g/mol. The highest BCUT2D eigenvalue weighted by Gasteiger charge is 2.13. The van der Waals surface area contributed by atoms with E-state index in [1.54, 1.807) is 19.5 Å². The summed E-state index contributed by atoms with van der Waals surface area (Å²) in [6, 6.07) is 14.7. The average Bonchev–Trinajstić information content (AvgIpc) is 3.20. The molecule has 0 aliphatic rings. The molecule has 1 unspecified atom stereocenters. The van der Waals surface area contributed by atoms with Gasteiger partial charge in [-0.25, -0.2) is 0 Å². The molecular formula is C21H23N5O3S. The lowest BCUT2D eigenvalue weighted by Gasteiger charge is -2.15. The highest BCUT2D eigenvalue weighted by Crippen LogP contribution is 2.22. The number of carbonyl (C=O) groups excluding carboxylic acids is 2. The fourth-order valence-electron chi connectivity index (χ4n) is 2.83. The monoisotopic (exact) mass is 425 g/mol. The zero-order valence-corrected chi connectivity index (χ0v) is 17.8. The summed E-state index contributed by atoms with van der Waals surface area (Å²) in [5.74, 6) is 0.699. The van der Waals surface area contributed by atoms with Gasteiger partial charge in [0.1, 0.15) is 12.1 Å². The minimum atomic E-state index is -0.203. The van der Waals surface area contributed by atoms with Gasteiger partial charge in [-0.2, -0.15) is 0 Å². The molecule has 1 atom stereocenters. The number of thioether (sulfide) groups is 1. The Labute approximate surface area is 179 Å². The van der Waals surface area contributed by atoms with Gasteiger partial charge in [-0.3, -0.25) is 14.2 Å². The number of aromatic nitrogens is 3. The first-order valence-electron chi connectivity index (χ1n) is 9.30. The van der Waals surface area contributed by atoms with Gasteiger partial charge < -0.3 is 15.4 Å². The second-order valence-electron chi connectivity index (χ2n) is 6.57. The molecule has 0 saturated carbocycles. The molecule has 0 radical (unpaired) electrons. The quantitative estimate of drug-likeness (QED) is 0.538. The van der Waals surface area contributed by atoms with Crippen molar-refractivity contribution in [3.05, 3.63) is 60.4 Å². The molecule has 3 rings (SSSR count). The van der Waals surface area contributed by atoms with Crippen molar-refractivity contribution in [2.24, 2.45) is 0 Å². The summed E-state index contributed by atoms with van der Waals surface area (Å²) in [5, 5.41) is 14.4. The number of carbonyl (C=O) groups is 2. The van der Waals surface area contributed by atoms with Gasteiger partial charge in [0.05, 0.1) is 18.9 Å². The summed E-state index contributed by atoms with van der Waals surface area (Å²) in [6.07, 6.45) is 1.61. The second kappa shape index (κ2) is 9.93. The van der Waals surface area contributed by atoms with Crippen LogP contribution in [0.2, 0.25) is 0 Å². The van der Waals surface area contributed by atoms with Gasteiger partial charge in [0.15, 0.2) is 5.16 Å². The third-order valence-corrected chi connectivity index (χ3v) is 5.23. The van der Waals surface area contributed by atoms with Gasteiger partial charge in [-0.05, 0) is 48.9 Å². The summed E-state index contributed by atoms with van der Waals surface area (Å²) in [7, 11) is 1.62. The predicted molar refractivity (Wildman–Crippen MR) is 116 cm³/mol. The van der Waals surface area contributed by atoms with Crippen LogP contribution in [0.3, 0.4) is 0 Å². The Morgan fingerprint density at radius 3 is 2.67 bits per heavy atom. The van der Waals surface area contributed by atoms with Gasteiger partial charge in [0.25, 0.3) is 0 Å². The Hall–Kier alpha value is -3.33. The van der Waals surface area contributed by atoms with Crippen LogP contribution in [0.15, 0.2) is 60.0 Å². The minimum Gasteiger partial charge on any atom is -0.497 e. The molecule has 1 aromatic heterocycles. The van der Waals surface area contributed by atoms with Crippen molar-refractivity contribution in [3.8, 4) is 11.4 Å². The Balaban J connectivity index is 1.59. The smallest absolute Gasteiger partial charge is 0.230 e. The molecule has 2 N–H and O–H groups in total. The Morgan fingerprint density at radius 1 is 1.20 bits per heavy atom. The summed E-state index contributed by atoms with van der Waals surface area (Å²) < 4.78 is 6.99. The van der Waals surface area contributed by atoms with Gasteiger partial charge in [0, 0.05) is 18.3 Å². The standard InChI is InChI=1S/C21H23N5O3S/c1-14(16-5-4-6-17(11-16)24-15(2)27)23-20(28)12-30-21-25-22-13-26(21)18-7-9-19(29-3)10-8-18/h4-11,13-14H,12H2,1-3H3,(H,23,28)(H,24,27). The van der Waals surface area contributed by atoms with Gasteiger partial charge in [0.2, 0.25) is 11.8 Å².